The second-order valence-corrected chi connectivity index (χ2v) is 6.62. The van der Waals surface area contributed by atoms with Crippen LogP contribution in [0, 0.1) is 5.92 Å². The number of carbonyl (C=O) groups is 1. The first kappa shape index (κ1) is 15.5. The van der Waals surface area contributed by atoms with E-state index < -0.39 is 0 Å². The Balaban J connectivity index is 1.56. The Morgan fingerprint density at radius 2 is 2.08 bits per heavy atom. The van der Waals surface area contributed by atoms with Gasteiger partial charge in [-0.15, -0.1) is 0 Å². The second kappa shape index (κ2) is 6.82. The SMILES string of the molecule is O=C(C1CC=CCC1c1nc(-c2cnsc2)no1)N1CCOCC1. The fourth-order valence-electron chi connectivity index (χ4n) is 3.20. The minimum absolute atomic E-state index is 0.0711. The van der Waals surface area contributed by atoms with Crippen molar-refractivity contribution in [3.63, 3.8) is 0 Å². The molecular weight excluding hydrogens is 328 g/mol. The van der Waals surface area contributed by atoms with E-state index in [1.165, 1.54) is 11.5 Å². The minimum Gasteiger partial charge on any atom is -0.378 e. The Hall–Kier alpha value is -2.06. The van der Waals surface area contributed by atoms with Crippen molar-refractivity contribution >= 4 is 17.4 Å². The summed E-state index contributed by atoms with van der Waals surface area (Å²) < 4.78 is 14.9. The van der Waals surface area contributed by atoms with Gasteiger partial charge < -0.3 is 14.2 Å². The van der Waals surface area contributed by atoms with E-state index in [0.29, 0.717) is 44.4 Å². The van der Waals surface area contributed by atoms with Gasteiger partial charge in [0.25, 0.3) is 0 Å². The molecule has 0 bridgehead atoms. The number of hydrogen-bond donors (Lipinski definition) is 0. The molecule has 126 valence electrons. The van der Waals surface area contributed by atoms with E-state index in [1.807, 2.05) is 10.3 Å². The first-order valence-corrected chi connectivity index (χ1v) is 8.91. The molecule has 24 heavy (non-hydrogen) atoms. The summed E-state index contributed by atoms with van der Waals surface area (Å²) in [5.74, 6) is 1.00. The Labute approximate surface area is 143 Å². The molecule has 0 aromatic carbocycles. The lowest BCUT2D eigenvalue weighted by molar-refractivity contribution is -0.140. The third-order valence-electron chi connectivity index (χ3n) is 4.52. The molecule has 3 heterocycles. The minimum atomic E-state index is -0.151. The average molecular weight is 346 g/mol. The number of rotatable bonds is 3. The lowest BCUT2D eigenvalue weighted by atomic mass is 9.81. The van der Waals surface area contributed by atoms with E-state index in [-0.39, 0.29) is 17.7 Å². The van der Waals surface area contributed by atoms with Gasteiger partial charge in [0.05, 0.1) is 36.8 Å². The van der Waals surface area contributed by atoms with Crippen LogP contribution in [-0.4, -0.2) is 51.6 Å². The van der Waals surface area contributed by atoms with Crippen LogP contribution in [0.4, 0.5) is 0 Å². The highest BCUT2D eigenvalue weighted by Crippen LogP contribution is 2.36. The van der Waals surface area contributed by atoms with Crippen molar-refractivity contribution in [2.24, 2.45) is 5.92 Å². The van der Waals surface area contributed by atoms with Gasteiger partial charge in [0.2, 0.25) is 17.6 Å². The number of ether oxygens (including phenoxy) is 1. The van der Waals surface area contributed by atoms with Gasteiger partial charge in [0, 0.05) is 18.5 Å². The number of morpholine rings is 1. The van der Waals surface area contributed by atoms with Gasteiger partial charge in [-0.1, -0.05) is 17.3 Å². The van der Waals surface area contributed by atoms with Crippen LogP contribution in [-0.2, 0) is 9.53 Å². The molecule has 2 aromatic heterocycles. The molecule has 0 radical (unpaired) electrons. The molecule has 1 aliphatic heterocycles. The van der Waals surface area contributed by atoms with Crippen molar-refractivity contribution in [2.45, 2.75) is 18.8 Å². The molecule has 2 aliphatic rings. The van der Waals surface area contributed by atoms with Gasteiger partial charge >= 0.3 is 0 Å². The number of carbonyl (C=O) groups excluding carboxylic acids is 1. The molecular formula is C16H18N4O3S. The maximum Gasteiger partial charge on any atom is 0.231 e. The maximum absolute atomic E-state index is 12.9. The van der Waals surface area contributed by atoms with Gasteiger partial charge in [0.1, 0.15) is 0 Å². The molecule has 1 aliphatic carbocycles. The molecule has 1 fully saturated rings. The average Bonchev–Trinajstić information content (AvgIpc) is 3.33. The molecule has 0 spiro atoms. The van der Waals surface area contributed by atoms with Crippen LogP contribution in [0.3, 0.4) is 0 Å². The molecule has 8 heteroatoms. The lowest BCUT2D eigenvalue weighted by Gasteiger charge is -2.33. The maximum atomic E-state index is 12.9. The summed E-state index contributed by atoms with van der Waals surface area (Å²) in [5.41, 5.74) is 0.845. The molecule has 0 saturated carbocycles. The predicted octanol–water partition coefficient (Wildman–Crippen LogP) is 2.10. The van der Waals surface area contributed by atoms with Crippen LogP contribution < -0.4 is 0 Å². The van der Waals surface area contributed by atoms with Gasteiger partial charge in [0.15, 0.2) is 0 Å². The van der Waals surface area contributed by atoms with Crippen molar-refractivity contribution in [2.75, 3.05) is 26.3 Å². The molecule has 1 saturated heterocycles. The van der Waals surface area contributed by atoms with Gasteiger partial charge in [-0.05, 0) is 24.4 Å². The summed E-state index contributed by atoms with van der Waals surface area (Å²) in [5, 5.41) is 5.93. The van der Waals surface area contributed by atoms with E-state index in [1.54, 1.807) is 6.20 Å². The Bertz CT molecular complexity index is 722. The van der Waals surface area contributed by atoms with Gasteiger partial charge in [-0.2, -0.15) is 4.98 Å². The first-order chi connectivity index (χ1) is 11.8. The third kappa shape index (κ3) is 2.99. The summed E-state index contributed by atoms with van der Waals surface area (Å²) in [6.07, 6.45) is 7.32. The molecule has 0 N–H and O–H groups in total. The van der Waals surface area contributed by atoms with Crippen LogP contribution in [0.5, 0.6) is 0 Å². The third-order valence-corrected chi connectivity index (χ3v) is 5.11. The Morgan fingerprint density at radius 3 is 2.88 bits per heavy atom. The number of hydrogen-bond acceptors (Lipinski definition) is 7. The van der Waals surface area contributed by atoms with E-state index in [0.717, 1.165) is 12.0 Å². The Kier molecular flexibility index (Phi) is 4.40. The van der Waals surface area contributed by atoms with E-state index in [2.05, 4.69) is 26.7 Å². The van der Waals surface area contributed by atoms with Crippen molar-refractivity contribution < 1.29 is 14.1 Å². The zero-order chi connectivity index (χ0) is 16.4. The smallest absolute Gasteiger partial charge is 0.231 e. The highest BCUT2D eigenvalue weighted by molar-refractivity contribution is 7.03. The highest BCUT2D eigenvalue weighted by atomic mass is 32.1. The van der Waals surface area contributed by atoms with Crippen LogP contribution in [0.15, 0.2) is 28.3 Å². The first-order valence-electron chi connectivity index (χ1n) is 8.08. The summed E-state index contributed by atoms with van der Waals surface area (Å²) in [6, 6.07) is 0. The van der Waals surface area contributed by atoms with Crippen LogP contribution in [0.25, 0.3) is 11.4 Å². The largest absolute Gasteiger partial charge is 0.378 e. The molecule has 2 unspecified atom stereocenters. The summed E-state index contributed by atoms with van der Waals surface area (Å²) in [7, 11) is 0. The normalized spacial score (nSPS) is 24.2. The zero-order valence-electron chi connectivity index (χ0n) is 13.1. The standard InChI is InChI=1S/C16H18N4O3S/c21-16(20-5-7-22-8-6-20)13-4-2-1-3-12(13)15-18-14(19-23-15)11-9-17-24-10-11/h1-2,9-10,12-13H,3-8H2. The number of nitrogens with zero attached hydrogens (tertiary/aromatic N) is 4. The zero-order valence-corrected chi connectivity index (χ0v) is 13.9. The van der Waals surface area contributed by atoms with Crippen LogP contribution in [0.1, 0.15) is 24.7 Å². The van der Waals surface area contributed by atoms with E-state index in [4.69, 9.17) is 9.26 Å². The quantitative estimate of drug-likeness (QED) is 0.792. The number of aromatic nitrogens is 3. The fraction of sp³-hybridized carbons (Fsp3) is 0.500. The van der Waals surface area contributed by atoms with Crippen molar-refractivity contribution in [1.29, 1.82) is 0 Å². The monoisotopic (exact) mass is 346 g/mol. The number of allylic oxidation sites excluding steroid dienone is 2. The second-order valence-electron chi connectivity index (χ2n) is 5.96. The Morgan fingerprint density at radius 1 is 1.25 bits per heavy atom. The summed E-state index contributed by atoms with van der Waals surface area (Å²) in [6.45, 7) is 2.52. The molecule has 2 aromatic rings. The molecule has 7 nitrogen and oxygen atoms in total. The van der Waals surface area contributed by atoms with Crippen molar-refractivity contribution in [3.8, 4) is 11.4 Å². The fourth-order valence-corrected chi connectivity index (χ4v) is 3.71. The summed E-state index contributed by atoms with van der Waals surface area (Å²) in [4.78, 5) is 19.3. The molecule has 4 rings (SSSR count). The van der Waals surface area contributed by atoms with E-state index >= 15 is 0 Å². The summed E-state index contributed by atoms with van der Waals surface area (Å²) >= 11 is 1.35. The lowest BCUT2D eigenvalue weighted by Crippen LogP contribution is -2.45. The van der Waals surface area contributed by atoms with Crippen molar-refractivity contribution in [3.05, 3.63) is 29.6 Å². The van der Waals surface area contributed by atoms with E-state index in [9.17, 15) is 4.79 Å². The van der Waals surface area contributed by atoms with Crippen LogP contribution >= 0.6 is 11.5 Å². The van der Waals surface area contributed by atoms with Gasteiger partial charge in [-0.25, -0.2) is 4.37 Å². The van der Waals surface area contributed by atoms with Gasteiger partial charge in [-0.3, -0.25) is 4.79 Å². The molecule has 1 amide bonds. The molecule has 2 atom stereocenters. The topological polar surface area (TPSA) is 81.3 Å². The number of amides is 1. The van der Waals surface area contributed by atoms with Crippen molar-refractivity contribution in [1.82, 2.24) is 19.4 Å². The van der Waals surface area contributed by atoms with Crippen LogP contribution in [0.2, 0.25) is 0 Å². The predicted molar refractivity (Wildman–Crippen MR) is 87.4 cm³/mol. The highest BCUT2D eigenvalue weighted by Gasteiger charge is 2.36.